The lowest BCUT2D eigenvalue weighted by Gasteiger charge is -2.11. The second kappa shape index (κ2) is 6.49. The maximum atomic E-state index is 6.79. The molecule has 2 nitrogen and oxygen atoms in total. The number of hydrogen-bond donors (Lipinski definition) is 0. The highest BCUT2D eigenvalue weighted by atomic mass is 35.5. The van der Waals surface area contributed by atoms with Gasteiger partial charge in [0.1, 0.15) is 5.75 Å². The maximum absolute atomic E-state index is 6.79. The molecule has 0 aliphatic heterocycles. The summed E-state index contributed by atoms with van der Waals surface area (Å²) in [4.78, 5) is 0. The smallest absolute Gasteiger partial charge is 0.129 e. The fraction of sp³-hybridized carbons (Fsp3) is 0.0769. The van der Waals surface area contributed by atoms with Crippen LogP contribution in [0.3, 0.4) is 0 Å². The van der Waals surface area contributed by atoms with E-state index in [0.29, 0.717) is 0 Å². The van der Waals surface area contributed by atoms with Crippen molar-refractivity contribution in [2.45, 2.75) is 6.92 Å². The molecule has 0 aliphatic carbocycles. The van der Waals surface area contributed by atoms with Crippen molar-refractivity contribution in [3.63, 3.8) is 0 Å². The van der Waals surface area contributed by atoms with E-state index >= 15 is 0 Å². The monoisotopic (exact) mass is 427 g/mol. The van der Waals surface area contributed by atoms with Crippen LogP contribution >= 0.6 is 22.9 Å². The van der Waals surface area contributed by atoms with Gasteiger partial charge >= 0.3 is 0 Å². The van der Waals surface area contributed by atoms with Crippen molar-refractivity contribution in [1.29, 1.82) is 0 Å². The van der Waals surface area contributed by atoms with E-state index in [1.54, 1.807) is 18.4 Å². The lowest BCUT2D eigenvalue weighted by Crippen LogP contribution is -1.95. The Morgan fingerprint density at radius 3 is 2.57 bits per heavy atom. The lowest BCUT2D eigenvalue weighted by molar-refractivity contribution is 0.420. The third-order valence-corrected chi connectivity index (χ3v) is 7.27. The Labute approximate surface area is 182 Å². The van der Waals surface area contributed by atoms with Crippen LogP contribution in [0.15, 0.2) is 72.8 Å². The number of benzene rings is 4. The SMILES string of the molecule is COc1ccc(Cl)c2c1c1sc3ccccc3c1n2-c1ccc2ccc(C)cc2c1. The van der Waals surface area contributed by atoms with Gasteiger partial charge in [-0.15, -0.1) is 11.3 Å². The zero-order valence-corrected chi connectivity index (χ0v) is 18.1. The summed E-state index contributed by atoms with van der Waals surface area (Å²) < 4.78 is 10.5. The average Bonchev–Trinajstić information content (AvgIpc) is 3.29. The number of fused-ring (bicyclic) bond motifs is 6. The summed E-state index contributed by atoms with van der Waals surface area (Å²) in [5.74, 6) is 0.848. The predicted octanol–water partition coefficient (Wildman–Crippen LogP) is 8.12. The Kier molecular flexibility index (Phi) is 3.86. The molecule has 0 bridgehead atoms. The third kappa shape index (κ3) is 2.43. The second-order valence-electron chi connectivity index (χ2n) is 7.62. The van der Waals surface area contributed by atoms with Gasteiger partial charge in [0.05, 0.1) is 33.3 Å². The quantitative estimate of drug-likeness (QED) is 0.272. The zero-order chi connectivity index (χ0) is 20.4. The van der Waals surface area contributed by atoms with Crippen molar-refractivity contribution in [1.82, 2.24) is 4.57 Å². The molecule has 0 radical (unpaired) electrons. The van der Waals surface area contributed by atoms with Crippen molar-refractivity contribution < 1.29 is 4.74 Å². The molecule has 146 valence electrons. The molecule has 6 aromatic rings. The Balaban J connectivity index is 1.84. The summed E-state index contributed by atoms with van der Waals surface area (Å²) in [5, 5.41) is 5.49. The molecular weight excluding hydrogens is 410 g/mol. The minimum absolute atomic E-state index is 0.725. The van der Waals surface area contributed by atoms with Crippen molar-refractivity contribution in [2.24, 2.45) is 0 Å². The minimum atomic E-state index is 0.725. The van der Waals surface area contributed by atoms with Gasteiger partial charge in [0.15, 0.2) is 0 Å². The highest BCUT2D eigenvalue weighted by Gasteiger charge is 2.22. The van der Waals surface area contributed by atoms with Gasteiger partial charge in [-0.2, -0.15) is 0 Å². The first kappa shape index (κ1) is 17.8. The fourth-order valence-corrected chi connectivity index (χ4v) is 5.92. The van der Waals surface area contributed by atoms with E-state index < -0.39 is 0 Å². The van der Waals surface area contributed by atoms with Crippen LogP contribution in [0, 0.1) is 6.92 Å². The highest BCUT2D eigenvalue weighted by Crippen LogP contribution is 2.47. The molecule has 0 N–H and O–H groups in total. The molecule has 0 saturated heterocycles. The van der Waals surface area contributed by atoms with Gasteiger partial charge in [-0.1, -0.05) is 59.6 Å². The molecule has 30 heavy (non-hydrogen) atoms. The van der Waals surface area contributed by atoms with Crippen LogP contribution in [-0.2, 0) is 0 Å². The van der Waals surface area contributed by atoms with Gasteiger partial charge in [-0.05, 0) is 48.0 Å². The van der Waals surface area contributed by atoms with Crippen molar-refractivity contribution >= 4 is 64.9 Å². The van der Waals surface area contributed by atoms with Gasteiger partial charge in [0.2, 0.25) is 0 Å². The van der Waals surface area contributed by atoms with E-state index in [9.17, 15) is 0 Å². The summed E-state index contributed by atoms with van der Waals surface area (Å²) in [5.41, 5.74) is 4.54. The molecule has 0 unspecified atom stereocenters. The predicted molar refractivity (Wildman–Crippen MR) is 130 cm³/mol. The Morgan fingerprint density at radius 1 is 0.867 bits per heavy atom. The van der Waals surface area contributed by atoms with Crippen LogP contribution in [0.2, 0.25) is 5.02 Å². The fourth-order valence-electron chi connectivity index (χ4n) is 4.44. The molecule has 4 heteroatoms. The van der Waals surface area contributed by atoms with Crippen LogP contribution in [-0.4, -0.2) is 11.7 Å². The van der Waals surface area contributed by atoms with Crippen LogP contribution < -0.4 is 4.74 Å². The second-order valence-corrected chi connectivity index (χ2v) is 9.08. The van der Waals surface area contributed by atoms with E-state index in [-0.39, 0.29) is 0 Å². The normalized spacial score (nSPS) is 11.8. The molecule has 0 amide bonds. The number of hydrogen-bond acceptors (Lipinski definition) is 2. The number of thiophene rings is 1. The number of halogens is 1. The lowest BCUT2D eigenvalue weighted by atomic mass is 10.1. The van der Waals surface area contributed by atoms with Gasteiger partial charge in [0.25, 0.3) is 0 Å². The van der Waals surface area contributed by atoms with Crippen molar-refractivity contribution in [2.75, 3.05) is 7.11 Å². The molecule has 4 aromatic carbocycles. The first-order valence-corrected chi connectivity index (χ1v) is 11.0. The molecule has 0 saturated carbocycles. The van der Waals surface area contributed by atoms with Crippen molar-refractivity contribution in [3.8, 4) is 11.4 Å². The largest absolute Gasteiger partial charge is 0.496 e. The van der Waals surface area contributed by atoms with E-state index in [1.807, 2.05) is 12.1 Å². The highest BCUT2D eigenvalue weighted by molar-refractivity contribution is 7.26. The van der Waals surface area contributed by atoms with Gasteiger partial charge in [0, 0.05) is 15.8 Å². The van der Waals surface area contributed by atoms with Crippen molar-refractivity contribution in [3.05, 3.63) is 83.4 Å². The van der Waals surface area contributed by atoms with E-state index in [4.69, 9.17) is 16.3 Å². The molecule has 0 atom stereocenters. The molecule has 6 rings (SSSR count). The van der Waals surface area contributed by atoms with Gasteiger partial charge in [-0.3, -0.25) is 0 Å². The first-order valence-electron chi connectivity index (χ1n) is 9.84. The average molecular weight is 428 g/mol. The van der Waals surface area contributed by atoms with E-state index in [1.165, 1.54) is 36.6 Å². The first-order chi connectivity index (χ1) is 14.7. The van der Waals surface area contributed by atoms with Gasteiger partial charge in [-0.25, -0.2) is 0 Å². The third-order valence-electron chi connectivity index (χ3n) is 5.79. The topological polar surface area (TPSA) is 14.2 Å². The number of ether oxygens (including phenoxy) is 1. The number of aryl methyl sites for hydroxylation is 1. The molecule has 2 aromatic heterocycles. The Morgan fingerprint density at radius 2 is 1.70 bits per heavy atom. The Bertz CT molecular complexity index is 1610. The number of methoxy groups -OCH3 is 1. The molecule has 0 aliphatic rings. The standard InChI is InChI=1S/C26H18ClNOS/c1-15-7-8-16-9-10-18(14-17(16)13-15)28-24-19-5-3-4-6-22(19)30-26(24)23-21(29-2)12-11-20(27)25(23)28/h3-14H,1-2H3. The van der Waals surface area contributed by atoms with Crippen LogP contribution in [0.1, 0.15) is 5.56 Å². The summed E-state index contributed by atoms with van der Waals surface area (Å²) in [6, 6.07) is 25.6. The zero-order valence-electron chi connectivity index (χ0n) is 16.6. The van der Waals surface area contributed by atoms with Crippen LogP contribution in [0.4, 0.5) is 0 Å². The molecular formula is C26H18ClNOS. The molecule has 0 fully saturated rings. The summed E-state index contributed by atoms with van der Waals surface area (Å²) in [6.07, 6.45) is 0. The minimum Gasteiger partial charge on any atom is -0.496 e. The number of nitrogens with zero attached hydrogens (tertiary/aromatic N) is 1. The summed E-state index contributed by atoms with van der Waals surface area (Å²) in [7, 11) is 1.72. The van der Waals surface area contributed by atoms with E-state index in [2.05, 4.69) is 72.2 Å². The van der Waals surface area contributed by atoms with Crippen LogP contribution in [0.25, 0.3) is 47.7 Å². The van der Waals surface area contributed by atoms with E-state index in [0.717, 1.165) is 27.4 Å². The Hall–Kier alpha value is -3.01. The molecule has 0 spiro atoms. The maximum Gasteiger partial charge on any atom is 0.129 e. The summed E-state index contributed by atoms with van der Waals surface area (Å²) in [6.45, 7) is 2.13. The molecule has 2 heterocycles. The van der Waals surface area contributed by atoms with Crippen LogP contribution in [0.5, 0.6) is 5.75 Å². The number of rotatable bonds is 2. The van der Waals surface area contributed by atoms with Gasteiger partial charge < -0.3 is 9.30 Å². The summed E-state index contributed by atoms with van der Waals surface area (Å²) >= 11 is 8.58. The number of aromatic nitrogens is 1.